The first-order valence-electron chi connectivity index (χ1n) is 6.20. The summed E-state index contributed by atoms with van der Waals surface area (Å²) in [5.74, 6) is 0.343. The summed E-state index contributed by atoms with van der Waals surface area (Å²) >= 11 is 1.51. The van der Waals surface area contributed by atoms with Gasteiger partial charge in [-0.15, -0.1) is 11.3 Å². The van der Waals surface area contributed by atoms with E-state index in [1.807, 2.05) is 17.5 Å². The maximum absolute atomic E-state index is 12.4. The topological polar surface area (TPSA) is 66.6 Å². The number of rotatable bonds is 2. The molecule has 2 aromatic heterocycles. The number of carbonyl (C=O) groups excluding carboxylic acids is 1. The van der Waals surface area contributed by atoms with Crippen molar-refractivity contribution >= 4 is 17.2 Å². The number of carbonyl (C=O) groups is 1. The van der Waals surface area contributed by atoms with E-state index in [0.717, 1.165) is 17.7 Å². The number of nitrogens with zero attached hydrogens (tertiary/aromatic N) is 2. The number of thiophene rings is 1. The molecule has 1 aliphatic heterocycles. The van der Waals surface area contributed by atoms with Gasteiger partial charge in [0.2, 0.25) is 0 Å². The lowest BCUT2D eigenvalue weighted by atomic mass is 10.1. The van der Waals surface area contributed by atoms with Crippen LogP contribution < -0.4 is 0 Å². The minimum Gasteiger partial charge on any atom is -0.442 e. The molecule has 5 nitrogen and oxygen atoms in total. The minimum absolute atomic E-state index is 0.170. The zero-order valence-corrected chi connectivity index (χ0v) is 11.1. The largest absolute Gasteiger partial charge is 0.442 e. The molecule has 19 heavy (non-hydrogen) atoms. The Bertz CT molecular complexity index is 564. The number of hydrogen-bond acceptors (Lipinski definition) is 5. The Morgan fingerprint density at radius 2 is 2.47 bits per heavy atom. The fourth-order valence-corrected chi connectivity index (χ4v) is 2.98. The molecule has 3 rings (SSSR count). The maximum atomic E-state index is 12.4. The summed E-state index contributed by atoms with van der Waals surface area (Å²) in [7, 11) is 0. The first-order chi connectivity index (χ1) is 9.25. The van der Waals surface area contributed by atoms with E-state index in [9.17, 15) is 9.90 Å². The second-order valence-corrected chi connectivity index (χ2v) is 5.50. The van der Waals surface area contributed by atoms with Gasteiger partial charge in [0.15, 0.2) is 17.8 Å². The van der Waals surface area contributed by atoms with Gasteiger partial charge in [0.25, 0.3) is 5.91 Å². The number of hydrogen-bond donors (Lipinski definition) is 1. The lowest BCUT2D eigenvalue weighted by molar-refractivity contribution is 0.0470. The van der Waals surface area contributed by atoms with Crippen LogP contribution in [0.15, 0.2) is 28.3 Å². The highest BCUT2D eigenvalue weighted by molar-refractivity contribution is 7.13. The summed E-state index contributed by atoms with van der Waals surface area (Å²) in [6.07, 6.45) is 2.43. The second-order valence-electron chi connectivity index (χ2n) is 4.55. The zero-order chi connectivity index (χ0) is 13.2. The summed E-state index contributed by atoms with van der Waals surface area (Å²) < 4.78 is 5.34. The summed E-state index contributed by atoms with van der Waals surface area (Å²) in [5, 5.41) is 11.6. The number of aliphatic hydroxyl groups is 1. The molecular formula is C13H14N2O3S. The van der Waals surface area contributed by atoms with Gasteiger partial charge in [-0.1, -0.05) is 6.07 Å². The summed E-state index contributed by atoms with van der Waals surface area (Å²) in [4.78, 5) is 19.0. The van der Waals surface area contributed by atoms with Gasteiger partial charge in [-0.2, -0.15) is 0 Å². The number of aromatic nitrogens is 1. The third-order valence-corrected chi connectivity index (χ3v) is 4.07. The van der Waals surface area contributed by atoms with Crippen LogP contribution in [0.5, 0.6) is 0 Å². The maximum Gasteiger partial charge on any atom is 0.276 e. The molecule has 3 heterocycles. The monoisotopic (exact) mass is 278 g/mol. The highest BCUT2D eigenvalue weighted by atomic mass is 32.1. The van der Waals surface area contributed by atoms with Crippen LogP contribution in [0.25, 0.3) is 10.6 Å². The molecule has 0 aliphatic carbocycles. The highest BCUT2D eigenvalue weighted by Gasteiger charge is 2.27. The van der Waals surface area contributed by atoms with E-state index in [1.165, 1.54) is 17.7 Å². The molecule has 1 atom stereocenters. The van der Waals surface area contributed by atoms with Crippen LogP contribution >= 0.6 is 11.3 Å². The number of oxazole rings is 1. The number of amides is 1. The summed E-state index contributed by atoms with van der Waals surface area (Å²) in [5.41, 5.74) is 0.330. The van der Waals surface area contributed by atoms with Crippen molar-refractivity contribution in [2.75, 3.05) is 13.1 Å². The molecule has 2 aromatic rings. The Balaban J connectivity index is 1.86. The minimum atomic E-state index is -0.435. The van der Waals surface area contributed by atoms with Crippen LogP contribution in [-0.4, -0.2) is 40.1 Å². The third kappa shape index (κ3) is 2.41. The van der Waals surface area contributed by atoms with Crippen LogP contribution in [-0.2, 0) is 0 Å². The van der Waals surface area contributed by atoms with Gasteiger partial charge in [0, 0.05) is 13.1 Å². The zero-order valence-electron chi connectivity index (χ0n) is 10.3. The van der Waals surface area contributed by atoms with Crippen LogP contribution in [0.4, 0.5) is 0 Å². The van der Waals surface area contributed by atoms with Gasteiger partial charge >= 0.3 is 0 Å². The van der Waals surface area contributed by atoms with Crippen LogP contribution in [0, 0.1) is 0 Å². The Hall–Kier alpha value is -1.66. The van der Waals surface area contributed by atoms with E-state index in [4.69, 9.17) is 4.42 Å². The molecule has 1 amide bonds. The molecule has 1 unspecified atom stereocenters. The van der Waals surface area contributed by atoms with Gasteiger partial charge in [-0.25, -0.2) is 4.98 Å². The molecule has 1 fully saturated rings. The van der Waals surface area contributed by atoms with Crippen molar-refractivity contribution in [2.24, 2.45) is 0 Å². The van der Waals surface area contributed by atoms with E-state index in [2.05, 4.69) is 4.98 Å². The van der Waals surface area contributed by atoms with Crippen LogP contribution in [0.2, 0.25) is 0 Å². The van der Waals surface area contributed by atoms with Crippen LogP contribution in [0.3, 0.4) is 0 Å². The molecule has 1 N–H and O–H groups in total. The van der Waals surface area contributed by atoms with Crippen molar-refractivity contribution < 1.29 is 14.3 Å². The van der Waals surface area contributed by atoms with Crippen molar-refractivity contribution in [3.8, 4) is 10.6 Å². The summed E-state index contributed by atoms with van der Waals surface area (Å²) in [6, 6.07) is 3.80. The molecule has 1 aliphatic rings. The Morgan fingerprint density at radius 1 is 1.58 bits per heavy atom. The van der Waals surface area contributed by atoms with Crippen molar-refractivity contribution in [1.29, 1.82) is 0 Å². The highest BCUT2D eigenvalue weighted by Crippen LogP contribution is 2.28. The number of β-amino-alcohol motifs (C(OH)–C–C–N with tert-alkyl or cyclic N) is 1. The van der Waals surface area contributed by atoms with Crippen molar-refractivity contribution in [3.05, 3.63) is 29.6 Å². The van der Waals surface area contributed by atoms with E-state index in [1.54, 1.807) is 4.90 Å². The number of likely N-dealkylation sites (tertiary alicyclic amines) is 1. The Morgan fingerprint density at radius 3 is 3.21 bits per heavy atom. The molecule has 0 aromatic carbocycles. The van der Waals surface area contributed by atoms with Crippen LogP contribution in [0.1, 0.15) is 23.3 Å². The fourth-order valence-electron chi connectivity index (χ4n) is 2.27. The molecular weight excluding hydrogens is 264 g/mol. The predicted molar refractivity (Wildman–Crippen MR) is 71.0 cm³/mol. The van der Waals surface area contributed by atoms with Gasteiger partial charge in [0.1, 0.15) is 0 Å². The van der Waals surface area contributed by atoms with E-state index >= 15 is 0 Å². The quantitative estimate of drug-likeness (QED) is 0.912. The normalized spacial score (nSPS) is 19.6. The van der Waals surface area contributed by atoms with Crippen molar-refractivity contribution in [2.45, 2.75) is 18.9 Å². The predicted octanol–water partition coefficient (Wildman–Crippen LogP) is 2.00. The van der Waals surface area contributed by atoms with Gasteiger partial charge < -0.3 is 14.4 Å². The average molecular weight is 278 g/mol. The first-order valence-corrected chi connectivity index (χ1v) is 7.08. The summed E-state index contributed by atoms with van der Waals surface area (Å²) in [6.45, 7) is 1.03. The Labute approximate surface area is 114 Å². The van der Waals surface area contributed by atoms with E-state index in [0.29, 0.717) is 24.5 Å². The lowest BCUT2D eigenvalue weighted by Gasteiger charge is -2.29. The number of piperidine rings is 1. The molecule has 0 saturated carbocycles. The second kappa shape index (κ2) is 5.14. The molecule has 100 valence electrons. The van der Waals surface area contributed by atoms with Crippen molar-refractivity contribution in [3.63, 3.8) is 0 Å². The van der Waals surface area contributed by atoms with Crippen molar-refractivity contribution in [1.82, 2.24) is 9.88 Å². The van der Waals surface area contributed by atoms with Gasteiger partial charge in [-0.3, -0.25) is 4.79 Å². The molecule has 0 radical (unpaired) electrons. The van der Waals surface area contributed by atoms with E-state index < -0.39 is 6.10 Å². The SMILES string of the molecule is O=C(c1ncoc1-c1cccs1)N1CCCC(O)C1. The number of aliphatic hydroxyl groups excluding tert-OH is 1. The molecule has 0 bridgehead atoms. The van der Waals surface area contributed by atoms with Gasteiger partial charge in [-0.05, 0) is 24.3 Å². The molecule has 1 saturated heterocycles. The van der Waals surface area contributed by atoms with Gasteiger partial charge in [0.05, 0.1) is 11.0 Å². The Kier molecular flexibility index (Phi) is 3.35. The molecule has 6 heteroatoms. The lowest BCUT2D eigenvalue weighted by Crippen LogP contribution is -2.42. The average Bonchev–Trinajstić information content (AvgIpc) is 3.08. The third-order valence-electron chi connectivity index (χ3n) is 3.20. The van der Waals surface area contributed by atoms with E-state index in [-0.39, 0.29) is 5.91 Å². The smallest absolute Gasteiger partial charge is 0.276 e. The molecule has 0 spiro atoms. The first kappa shape index (κ1) is 12.4. The standard InChI is InChI=1S/C13H14N2O3S/c16-9-3-1-5-15(7-9)13(17)11-12(18-8-14-11)10-4-2-6-19-10/h2,4,6,8-9,16H,1,3,5,7H2. The fraction of sp³-hybridized carbons (Fsp3) is 0.385.